The second kappa shape index (κ2) is 6.81. The summed E-state index contributed by atoms with van der Waals surface area (Å²) in [4.78, 5) is 8.52. The van der Waals surface area contributed by atoms with Gasteiger partial charge in [0.25, 0.3) is 0 Å². The van der Waals surface area contributed by atoms with Gasteiger partial charge in [-0.2, -0.15) is 13.2 Å². The van der Waals surface area contributed by atoms with Crippen LogP contribution in [-0.2, 0) is 6.42 Å². The molecule has 0 atom stereocenters. The van der Waals surface area contributed by atoms with Crippen molar-refractivity contribution in [3.05, 3.63) is 72.0 Å². The molecule has 150 valence electrons. The predicted molar refractivity (Wildman–Crippen MR) is 106 cm³/mol. The zero-order valence-electron chi connectivity index (χ0n) is 15.2. The molecule has 0 aliphatic heterocycles. The summed E-state index contributed by atoms with van der Waals surface area (Å²) in [6, 6.07) is 11.1. The van der Waals surface area contributed by atoms with Gasteiger partial charge < -0.3 is 0 Å². The molecular formula is C20H12ClF3N6. The predicted octanol–water partition coefficient (Wildman–Crippen LogP) is 4.89. The Morgan fingerprint density at radius 1 is 0.967 bits per heavy atom. The van der Waals surface area contributed by atoms with Gasteiger partial charge in [-0.05, 0) is 35.9 Å². The Hall–Kier alpha value is -3.46. The fourth-order valence-electron chi connectivity index (χ4n) is 3.40. The lowest BCUT2D eigenvalue weighted by Crippen LogP contribution is -2.14. The Kier molecular flexibility index (Phi) is 4.21. The molecule has 0 fully saturated rings. The Bertz CT molecular complexity index is 1370. The zero-order chi connectivity index (χ0) is 20.9. The van der Waals surface area contributed by atoms with Gasteiger partial charge in [0.1, 0.15) is 12.2 Å². The molecule has 1 aromatic carbocycles. The zero-order valence-corrected chi connectivity index (χ0v) is 15.9. The monoisotopic (exact) mass is 428 g/mol. The number of benzene rings is 1. The molecule has 6 nitrogen and oxygen atoms in total. The number of pyridine rings is 1. The molecule has 0 bridgehead atoms. The van der Waals surface area contributed by atoms with Crippen LogP contribution in [0.5, 0.6) is 0 Å². The minimum Gasteiger partial charge on any atom is -0.285 e. The minimum atomic E-state index is -4.38. The van der Waals surface area contributed by atoms with Gasteiger partial charge in [0, 0.05) is 35.7 Å². The van der Waals surface area contributed by atoms with E-state index in [0.717, 1.165) is 16.5 Å². The molecule has 5 rings (SSSR count). The molecule has 0 aliphatic carbocycles. The third-order valence-electron chi connectivity index (χ3n) is 4.72. The van der Waals surface area contributed by atoms with Crippen molar-refractivity contribution in [2.45, 2.75) is 12.6 Å². The van der Waals surface area contributed by atoms with E-state index in [9.17, 15) is 13.2 Å². The van der Waals surface area contributed by atoms with Crippen molar-refractivity contribution in [2.24, 2.45) is 0 Å². The summed E-state index contributed by atoms with van der Waals surface area (Å²) in [5.41, 5.74) is 2.56. The summed E-state index contributed by atoms with van der Waals surface area (Å²) >= 11 is 6.48. The van der Waals surface area contributed by atoms with Crippen LogP contribution in [0.3, 0.4) is 0 Å². The van der Waals surface area contributed by atoms with Gasteiger partial charge in [0.2, 0.25) is 5.95 Å². The molecule has 0 aliphatic rings. The van der Waals surface area contributed by atoms with E-state index in [1.165, 1.54) is 10.6 Å². The van der Waals surface area contributed by atoms with Crippen molar-refractivity contribution in [1.82, 2.24) is 29.1 Å². The molecule has 0 saturated carbocycles. The topological polar surface area (TPSA) is 60.9 Å². The molecule has 4 aromatic heterocycles. The molecule has 0 amide bonds. The van der Waals surface area contributed by atoms with Crippen molar-refractivity contribution in [3.63, 3.8) is 0 Å². The van der Waals surface area contributed by atoms with E-state index in [0.29, 0.717) is 11.5 Å². The molecule has 30 heavy (non-hydrogen) atoms. The van der Waals surface area contributed by atoms with Crippen molar-refractivity contribution < 1.29 is 13.2 Å². The highest BCUT2D eigenvalue weighted by atomic mass is 35.5. The van der Waals surface area contributed by atoms with E-state index in [2.05, 4.69) is 20.2 Å². The molecule has 0 N–H and O–H groups in total. The summed E-state index contributed by atoms with van der Waals surface area (Å²) in [6.45, 7) is 0. The van der Waals surface area contributed by atoms with Crippen molar-refractivity contribution >= 4 is 28.2 Å². The van der Waals surface area contributed by atoms with Crippen molar-refractivity contribution in [1.29, 1.82) is 0 Å². The highest BCUT2D eigenvalue weighted by molar-refractivity contribution is 6.36. The first-order valence-corrected chi connectivity index (χ1v) is 9.26. The number of hydrogen-bond donors (Lipinski definition) is 0. The van der Waals surface area contributed by atoms with Crippen LogP contribution in [0.4, 0.5) is 13.2 Å². The maximum Gasteiger partial charge on any atom is 0.396 e. The molecular weight excluding hydrogens is 417 g/mol. The molecule has 0 spiro atoms. The minimum absolute atomic E-state index is 0.184. The van der Waals surface area contributed by atoms with Crippen molar-refractivity contribution in [2.75, 3.05) is 0 Å². The maximum atomic E-state index is 12.7. The summed E-state index contributed by atoms with van der Waals surface area (Å²) in [7, 11) is 0. The number of rotatable bonds is 3. The van der Waals surface area contributed by atoms with Gasteiger partial charge in [-0.25, -0.2) is 9.97 Å². The van der Waals surface area contributed by atoms with Crippen LogP contribution in [0.2, 0.25) is 5.02 Å². The standard InChI is InChI=1S/C20H12ClF3N6/c21-17-14(5-9-30-16(11-20(22,23)24)27-28-18(17)30)12-2-3-15-13(10-12)4-8-29(15)19-25-6-1-7-26-19/h1-10H,11H2. The lowest BCUT2D eigenvalue weighted by atomic mass is 10.0. The Balaban J connectivity index is 1.58. The van der Waals surface area contributed by atoms with Crippen LogP contribution < -0.4 is 0 Å². The van der Waals surface area contributed by atoms with Gasteiger partial charge in [0.15, 0.2) is 5.65 Å². The van der Waals surface area contributed by atoms with E-state index < -0.39 is 12.6 Å². The first kappa shape index (κ1) is 18.6. The number of halogens is 4. The SMILES string of the molecule is FC(F)(F)Cc1nnc2c(Cl)c(-c3ccc4c(ccn4-c4ncccn4)c3)ccn12. The summed E-state index contributed by atoms with van der Waals surface area (Å²) in [6.07, 6.45) is 1.16. The van der Waals surface area contributed by atoms with Crippen LogP contribution in [-0.4, -0.2) is 35.3 Å². The number of alkyl halides is 3. The molecule has 0 unspecified atom stereocenters. The third kappa shape index (κ3) is 3.17. The smallest absolute Gasteiger partial charge is 0.285 e. The molecule has 5 aromatic rings. The average molecular weight is 429 g/mol. The van der Waals surface area contributed by atoms with Gasteiger partial charge in [-0.15, -0.1) is 10.2 Å². The normalized spacial score (nSPS) is 12.1. The number of fused-ring (bicyclic) bond motifs is 2. The number of nitrogens with zero attached hydrogens (tertiary/aromatic N) is 6. The second-order valence-electron chi connectivity index (χ2n) is 6.65. The van der Waals surface area contributed by atoms with Crippen LogP contribution >= 0.6 is 11.6 Å². The summed E-state index contributed by atoms with van der Waals surface area (Å²) in [5, 5.41) is 8.69. The Morgan fingerprint density at radius 2 is 1.77 bits per heavy atom. The largest absolute Gasteiger partial charge is 0.396 e. The highest BCUT2D eigenvalue weighted by Crippen LogP contribution is 2.34. The molecule has 0 saturated heterocycles. The maximum absolute atomic E-state index is 12.7. The van der Waals surface area contributed by atoms with Crippen LogP contribution in [0, 0.1) is 0 Å². The fraction of sp³-hybridized carbons (Fsp3) is 0.100. The van der Waals surface area contributed by atoms with E-state index in [4.69, 9.17) is 11.6 Å². The summed E-state index contributed by atoms with van der Waals surface area (Å²) < 4.78 is 41.4. The number of aromatic nitrogens is 6. The second-order valence-corrected chi connectivity index (χ2v) is 7.03. The lowest BCUT2D eigenvalue weighted by molar-refractivity contribution is -0.128. The van der Waals surface area contributed by atoms with Gasteiger partial charge in [-0.1, -0.05) is 17.7 Å². The lowest BCUT2D eigenvalue weighted by Gasteiger charge is -2.09. The Morgan fingerprint density at radius 3 is 2.53 bits per heavy atom. The van der Waals surface area contributed by atoms with Gasteiger partial charge in [-0.3, -0.25) is 8.97 Å². The third-order valence-corrected chi connectivity index (χ3v) is 5.09. The molecule has 10 heteroatoms. The number of hydrogen-bond acceptors (Lipinski definition) is 4. The van der Waals surface area contributed by atoms with Gasteiger partial charge >= 0.3 is 6.18 Å². The van der Waals surface area contributed by atoms with Gasteiger partial charge in [0.05, 0.1) is 10.5 Å². The quantitative estimate of drug-likeness (QED) is 0.410. The molecule has 0 radical (unpaired) electrons. The van der Waals surface area contributed by atoms with E-state index in [1.807, 2.05) is 35.0 Å². The first-order chi connectivity index (χ1) is 14.4. The van der Waals surface area contributed by atoms with Crippen LogP contribution in [0.15, 0.2) is 61.2 Å². The highest BCUT2D eigenvalue weighted by Gasteiger charge is 2.31. The molecule has 4 heterocycles. The van der Waals surface area contributed by atoms with Crippen LogP contribution in [0.25, 0.3) is 33.6 Å². The van der Waals surface area contributed by atoms with Crippen molar-refractivity contribution in [3.8, 4) is 17.1 Å². The summed E-state index contributed by atoms with van der Waals surface area (Å²) in [5.74, 6) is 0.349. The van der Waals surface area contributed by atoms with E-state index in [-0.39, 0.29) is 16.5 Å². The van der Waals surface area contributed by atoms with Crippen LogP contribution in [0.1, 0.15) is 5.82 Å². The van der Waals surface area contributed by atoms with E-state index in [1.54, 1.807) is 24.5 Å². The Labute approximate surface area is 172 Å². The average Bonchev–Trinajstić information content (AvgIpc) is 3.32. The first-order valence-electron chi connectivity index (χ1n) is 8.88. The van der Waals surface area contributed by atoms with E-state index >= 15 is 0 Å². The fourth-order valence-corrected chi connectivity index (χ4v) is 3.70.